The summed E-state index contributed by atoms with van der Waals surface area (Å²) in [6.07, 6.45) is 0.838. The Kier molecular flexibility index (Phi) is 5.71. The molecule has 10 nitrogen and oxygen atoms in total. The number of piperazine rings is 1. The van der Waals surface area contributed by atoms with Crippen LogP contribution in [0.2, 0.25) is 0 Å². The summed E-state index contributed by atoms with van der Waals surface area (Å²) >= 11 is 0. The summed E-state index contributed by atoms with van der Waals surface area (Å²) in [5, 5.41) is 17.8. The quantitative estimate of drug-likeness (QED) is 0.578. The van der Waals surface area contributed by atoms with Crippen LogP contribution in [0.3, 0.4) is 0 Å². The van der Waals surface area contributed by atoms with Gasteiger partial charge in [0.25, 0.3) is 5.56 Å². The number of rotatable bonds is 5. The molecule has 168 valence electrons. The number of anilines is 1. The van der Waals surface area contributed by atoms with E-state index in [0.717, 1.165) is 74.2 Å². The van der Waals surface area contributed by atoms with Crippen LogP contribution in [0.4, 0.5) is 5.82 Å². The largest absolute Gasteiger partial charge is 0.376 e. The van der Waals surface area contributed by atoms with Gasteiger partial charge in [0.05, 0.1) is 31.1 Å². The average molecular weight is 437 g/mol. The molecule has 0 spiro atoms. The normalized spacial score (nSPS) is 16.9. The summed E-state index contributed by atoms with van der Waals surface area (Å²) < 4.78 is 8.86. The van der Waals surface area contributed by atoms with E-state index in [1.54, 1.807) is 16.8 Å². The molecule has 10 heteroatoms. The number of hydrogen-bond acceptors (Lipinski definition) is 8. The Morgan fingerprint density at radius 1 is 0.969 bits per heavy atom. The highest BCUT2D eigenvalue weighted by molar-refractivity contribution is 5.42. The molecule has 0 aliphatic carbocycles. The Balaban J connectivity index is 1.20. The molecule has 0 N–H and O–H groups in total. The molecular weight excluding hydrogens is 408 g/mol. The van der Waals surface area contributed by atoms with Crippen molar-refractivity contribution in [3.05, 3.63) is 57.3 Å². The molecule has 3 aromatic rings. The average Bonchev–Trinajstić information content (AvgIpc) is 3.16. The summed E-state index contributed by atoms with van der Waals surface area (Å²) in [4.78, 5) is 17.0. The smallest absolute Gasteiger partial charge is 0.266 e. The molecule has 3 aromatic heterocycles. The molecule has 1 fully saturated rings. The van der Waals surface area contributed by atoms with Crippen LogP contribution in [0.1, 0.15) is 22.6 Å². The zero-order chi connectivity index (χ0) is 22.1. The summed E-state index contributed by atoms with van der Waals surface area (Å²) in [6, 6.07) is 7.40. The molecule has 0 saturated carbocycles. The van der Waals surface area contributed by atoms with Crippen molar-refractivity contribution in [2.75, 3.05) is 44.2 Å². The van der Waals surface area contributed by atoms with Crippen molar-refractivity contribution in [2.24, 2.45) is 0 Å². The van der Waals surface area contributed by atoms with Gasteiger partial charge in [0.1, 0.15) is 0 Å². The number of aromatic nitrogens is 6. The number of hydrogen-bond donors (Lipinski definition) is 0. The molecule has 0 aromatic carbocycles. The lowest BCUT2D eigenvalue weighted by Crippen LogP contribution is -2.48. The molecule has 0 radical (unpaired) electrons. The Morgan fingerprint density at radius 2 is 1.81 bits per heavy atom. The fourth-order valence-corrected chi connectivity index (χ4v) is 4.29. The van der Waals surface area contributed by atoms with Gasteiger partial charge in [-0.2, -0.15) is 10.2 Å². The van der Waals surface area contributed by atoms with E-state index in [1.165, 1.54) is 4.68 Å². The summed E-state index contributed by atoms with van der Waals surface area (Å²) in [5.41, 5.74) is 4.03. The van der Waals surface area contributed by atoms with Gasteiger partial charge in [-0.15, -0.1) is 10.2 Å². The first kappa shape index (κ1) is 20.8. The van der Waals surface area contributed by atoms with Crippen molar-refractivity contribution in [1.82, 2.24) is 34.7 Å². The second kappa shape index (κ2) is 8.79. The zero-order valence-corrected chi connectivity index (χ0v) is 18.6. The number of nitrogens with zero attached hydrogens (tertiary/aromatic N) is 8. The van der Waals surface area contributed by atoms with Gasteiger partial charge in [-0.25, -0.2) is 9.36 Å². The van der Waals surface area contributed by atoms with Crippen LogP contribution in [0.15, 0.2) is 29.1 Å². The Labute approximate surface area is 186 Å². The van der Waals surface area contributed by atoms with Crippen molar-refractivity contribution in [3.63, 3.8) is 0 Å². The maximum atomic E-state index is 12.3. The Bertz CT molecular complexity index is 1160. The molecule has 2 aliphatic rings. The molecule has 0 atom stereocenters. The zero-order valence-electron chi connectivity index (χ0n) is 18.6. The predicted octanol–water partition coefficient (Wildman–Crippen LogP) is 0.731. The third kappa shape index (κ3) is 4.28. The lowest BCUT2D eigenvalue weighted by Gasteiger charge is -2.35. The minimum atomic E-state index is -0.0968. The Hall–Kier alpha value is -3.11. The monoisotopic (exact) mass is 436 g/mol. The van der Waals surface area contributed by atoms with Crippen molar-refractivity contribution < 1.29 is 4.74 Å². The first-order valence-electron chi connectivity index (χ1n) is 11.1. The molecule has 0 unspecified atom stereocenters. The lowest BCUT2D eigenvalue weighted by molar-refractivity contribution is 0.108. The second-order valence-electron chi connectivity index (χ2n) is 8.40. The molecule has 0 amide bonds. The molecule has 2 aliphatic heterocycles. The molecule has 5 rings (SSSR count). The molecular formula is C22H28N8O2. The molecule has 0 bridgehead atoms. The van der Waals surface area contributed by atoms with Crippen LogP contribution < -0.4 is 10.5 Å². The maximum absolute atomic E-state index is 12.3. The highest BCUT2D eigenvalue weighted by Gasteiger charge is 2.21. The van der Waals surface area contributed by atoms with Crippen molar-refractivity contribution in [1.29, 1.82) is 0 Å². The van der Waals surface area contributed by atoms with Crippen molar-refractivity contribution >= 4 is 5.82 Å². The van der Waals surface area contributed by atoms with E-state index in [2.05, 4.69) is 36.3 Å². The van der Waals surface area contributed by atoms with Crippen molar-refractivity contribution in [3.8, 4) is 5.82 Å². The third-order valence-electron chi connectivity index (χ3n) is 6.09. The van der Waals surface area contributed by atoms with Crippen LogP contribution in [0.5, 0.6) is 0 Å². The van der Waals surface area contributed by atoms with Gasteiger partial charge in [-0.05, 0) is 32.0 Å². The van der Waals surface area contributed by atoms with Gasteiger partial charge in [0, 0.05) is 56.5 Å². The fraction of sp³-hybridized carbons (Fsp3) is 0.500. The van der Waals surface area contributed by atoms with Crippen LogP contribution in [-0.2, 0) is 24.3 Å². The van der Waals surface area contributed by atoms with E-state index in [1.807, 2.05) is 19.9 Å². The number of aryl methyl sites for hydroxylation is 2. The van der Waals surface area contributed by atoms with E-state index in [-0.39, 0.29) is 5.56 Å². The van der Waals surface area contributed by atoms with Crippen LogP contribution in [0.25, 0.3) is 5.82 Å². The minimum absolute atomic E-state index is 0.0968. The van der Waals surface area contributed by atoms with E-state index in [0.29, 0.717) is 19.0 Å². The van der Waals surface area contributed by atoms with E-state index >= 15 is 0 Å². The summed E-state index contributed by atoms with van der Waals surface area (Å²) in [6.45, 7) is 10.2. The van der Waals surface area contributed by atoms with Crippen molar-refractivity contribution in [2.45, 2.75) is 33.4 Å². The lowest BCUT2D eigenvalue weighted by atomic mass is 10.1. The third-order valence-corrected chi connectivity index (χ3v) is 6.09. The van der Waals surface area contributed by atoms with Crippen LogP contribution >= 0.6 is 0 Å². The second-order valence-corrected chi connectivity index (χ2v) is 8.40. The van der Waals surface area contributed by atoms with Gasteiger partial charge in [-0.3, -0.25) is 9.69 Å². The highest BCUT2D eigenvalue weighted by Crippen LogP contribution is 2.20. The van der Waals surface area contributed by atoms with E-state index < -0.39 is 0 Å². The van der Waals surface area contributed by atoms with E-state index in [4.69, 9.17) is 4.74 Å². The first-order chi connectivity index (χ1) is 15.6. The maximum Gasteiger partial charge on any atom is 0.266 e. The van der Waals surface area contributed by atoms with Gasteiger partial charge < -0.3 is 9.64 Å². The molecule has 5 heterocycles. The highest BCUT2D eigenvalue weighted by atomic mass is 16.5. The molecule has 32 heavy (non-hydrogen) atoms. The minimum Gasteiger partial charge on any atom is -0.376 e. The van der Waals surface area contributed by atoms with Gasteiger partial charge in [0.15, 0.2) is 11.6 Å². The van der Waals surface area contributed by atoms with Crippen LogP contribution in [0, 0.1) is 13.8 Å². The molecule has 1 saturated heterocycles. The standard InChI is InChI=1S/C22H28N8O2/c1-16-13-17(2)30(25-16)20-3-4-22(31)29(26-20)11-8-27-6-9-28(10-7-27)21-14-18-15-32-12-5-19(18)23-24-21/h3-4,13-14H,5-12,15H2,1-2H3. The Morgan fingerprint density at radius 3 is 2.59 bits per heavy atom. The van der Waals surface area contributed by atoms with Gasteiger partial charge in [-0.1, -0.05) is 0 Å². The summed E-state index contributed by atoms with van der Waals surface area (Å²) in [5.74, 6) is 1.58. The van der Waals surface area contributed by atoms with E-state index in [9.17, 15) is 4.79 Å². The van der Waals surface area contributed by atoms with Gasteiger partial charge in [0.2, 0.25) is 0 Å². The van der Waals surface area contributed by atoms with Gasteiger partial charge >= 0.3 is 0 Å². The van der Waals surface area contributed by atoms with Crippen LogP contribution in [-0.4, -0.2) is 74.0 Å². The number of fused-ring (bicyclic) bond motifs is 1. The first-order valence-corrected chi connectivity index (χ1v) is 11.1. The summed E-state index contributed by atoms with van der Waals surface area (Å²) in [7, 11) is 0. The number of ether oxygens (including phenoxy) is 1. The topological polar surface area (TPSA) is 94.2 Å². The fourth-order valence-electron chi connectivity index (χ4n) is 4.29. The SMILES string of the molecule is Cc1cc(C)n(-c2ccc(=O)n(CCN3CCN(c4cc5c(nn4)CCOC5)CC3)n2)n1. The predicted molar refractivity (Wildman–Crippen MR) is 119 cm³/mol.